The van der Waals surface area contributed by atoms with Gasteiger partial charge in [-0.05, 0) is 87.3 Å². The van der Waals surface area contributed by atoms with Gasteiger partial charge in [-0.25, -0.2) is 9.97 Å². The van der Waals surface area contributed by atoms with E-state index >= 15 is 0 Å². The van der Waals surface area contributed by atoms with E-state index in [9.17, 15) is 4.79 Å². The number of pyridine rings is 1. The van der Waals surface area contributed by atoms with Crippen LogP contribution in [-0.4, -0.2) is 62.7 Å². The Kier molecular flexibility index (Phi) is 6.79. The van der Waals surface area contributed by atoms with Crippen molar-refractivity contribution in [3.63, 3.8) is 0 Å². The molecule has 1 amide bonds. The first kappa shape index (κ1) is 23.2. The third kappa shape index (κ3) is 4.79. The van der Waals surface area contributed by atoms with Crippen LogP contribution in [0.4, 0.5) is 5.82 Å². The number of aryl methyl sites for hydroxylation is 1. The lowest BCUT2D eigenvalue weighted by Gasteiger charge is -2.38. The maximum Gasteiger partial charge on any atom is 0.225 e. The molecule has 2 saturated heterocycles. The first-order valence-electron chi connectivity index (χ1n) is 12.3. The topological polar surface area (TPSA) is 80.3 Å². The molecule has 4 heterocycles. The predicted molar refractivity (Wildman–Crippen MR) is 138 cm³/mol. The van der Waals surface area contributed by atoms with Crippen LogP contribution in [0.25, 0.3) is 11.0 Å². The molecule has 180 valence electrons. The van der Waals surface area contributed by atoms with Gasteiger partial charge in [-0.15, -0.1) is 0 Å². The van der Waals surface area contributed by atoms with Crippen LogP contribution in [0.5, 0.6) is 0 Å². The molecule has 34 heavy (non-hydrogen) atoms. The van der Waals surface area contributed by atoms with E-state index in [4.69, 9.17) is 10.7 Å². The van der Waals surface area contributed by atoms with Crippen molar-refractivity contribution in [2.24, 2.45) is 5.92 Å². The second kappa shape index (κ2) is 9.96. The molecule has 0 radical (unpaired) electrons. The van der Waals surface area contributed by atoms with Crippen molar-refractivity contribution in [3.05, 3.63) is 47.7 Å². The molecular weight excluding hydrogens is 444 g/mol. The monoisotopic (exact) mass is 478 g/mol. The molecule has 0 atom stereocenters. The van der Waals surface area contributed by atoms with Crippen molar-refractivity contribution in [2.75, 3.05) is 38.2 Å². The summed E-state index contributed by atoms with van der Waals surface area (Å²) in [4.78, 5) is 26.8. The Hall–Kier alpha value is -2.58. The summed E-state index contributed by atoms with van der Waals surface area (Å²) >= 11 is 1.71. The largest absolute Gasteiger partial charge is 0.384 e. The predicted octanol–water partition coefficient (Wildman–Crippen LogP) is 4.12. The van der Waals surface area contributed by atoms with Gasteiger partial charge in [0.1, 0.15) is 5.82 Å². The zero-order valence-corrected chi connectivity index (χ0v) is 20.9. The maximum atomic E-state index is 13.3. The molecule has 0 saturated carbocycles. The fourth-order valence-corrected chi connectivity index (χ4v) is 6.11. The van der Waals surface area contributed by atoms with E-state index in [-0.39, 0.29) is 5.92 Å². The van der Waals surface area contributed by atoms with E-state index in [1.54, 1.807) is 18.0 Å². The fourth-order valence-electron chi connectivity index (χ4n) is 5.48. The number of anilines is 1. The van der Waals surface area contributed by atoms with Crippen molar-refractivity contribution in [3.8, 4) is 0 Å². The molecule has 0 spiro atoms. The average Bonchev–Trinajstić information content (AvgIpc) is 3.22. The van der Waals surface area contributed by atoms with Crippen molar-refractivity contribution in [2.45, 2.75) is 50.4 Å². The summed E-state index contributed by atoms with van der Waals surface area (Å²) in [5, 5.41) is 1.08. The number of benzene rings is 1. The normalized spacial score (nSPS) is 18.6. The third-order valence-electron chi connectivity index (χ3n) is 7.33. The zero-order chi connectivity index (χ0) is 23.7. The minimum absolute atomic E-state index is 0.147. The number of fused-ring (bicyclic) bond motifs is 1. The number of aromatic nitrogens is 3. The Morgan fingerprint density at radius 3 is 2.56 bits per heavy atom. The number of piperidine rings is 2. The van der Waals surface area contributed by atoms with Crippen LogP contribution in [0.1, 0.15) is 42.9 Å². The molecule has 2 aliphatic heterocycles. The highest BCUT2D eigenvalue weighted by Crippen LogP contribution is 2.33. The number of amides is 1. The highest BCUT2D eigenvalue weighted by molar-refractivity contribution is 7.98. The van der Waals surface area contributed by atoms with Gasteiger partial charge in [0, 0.05) is 37.8 Å². The number of nitrogens with zero attached hydrogens (tertiary/aromatic N) is 5. The number of thioether (sulfide) groups is 1. The second-order valence-corrected chi connectivity index (χ2v) is 10.4. The number of hydrogen-bond donors (Lipinski definition) is 1. The summed E-state index contributed by atoms with van der Waals surface area (Å²) in [6.07, 6.45) is 7.70. The third-order valence-corrected chi connectivity index (χ3v) is 7.98. The van der Waals surface area contributed by atoms with E-state index in [2.05, 4.69) is 50.7 Å². The summed E-state index contributed by atoms with van der Waals surface area (Å²) in [6.45, 7) is 6.55. The quantitative estimate of drug-likeness (QED) is 0.556. The Morgan fingerprint density at radius 2 is 1.85 bits per heavy atom. The molecule has 3 aromatic rings. The van der Waals surface area contributed by atoms with Crippen LogP contribution >= 0.6 is 11.8 Å². The van der Waals surface area contributed by atoms with Gasteiger partial charge in [-0.3, -0.25) is 9.69 Å². The maximum absolute atomic E-state index is 13.3. The average molecular weight is 479 g/mol. The van der Waals surface area contributed by atoms with Crippen LogP contribution < -0.4 is 5.73 Å². The zero-order valence-electron chi connectivity index (χ0n) is 20.1. The van der Waals surface area contributed by atoms with Crippen LogP contribution in [0, 0.1) is 12.8 Å². The molecule has 8 heteroatoms. The van der Waals surface area contributed by atoms with Gasteiger partial charge in [-0.1, -0.05) is 17.8 Å². The Morgan fingerprint density at radius 1 is 1.09 bits per heavy atom. The van der Waals surface area contributed by atoms with Gasteiger partial charge in [0.15, 0.2) is 5.16 Å². The highest BCUT2D eigenvalue weighted by Gasteiger charge is 2.32. The van der Waals surface area contributed by atoms with Crippen molar-refractivity contribution >= 4 is 34.5 Å². The van der Waals surface area contributed by atoms with E-state index in [1.807, 2.05) is 12.1 Å². The van der Waals surface area contributed by atoms with Crippen LogP contribution in [0.2, 0.25) is 0 Å². The van der Waals surface area contributed by atoms with Crippen molar-refractivity contribution in [1.82, 2.24) is 24.3 Å². The number of carbonyl (C=O) groups excluding carboxylic acids is 1. The van der Waals surface area contributed by atoms with Gasteiger partial charge in [-0.2, -0.15) is 0 Å². The van der Waals surface area contributed by atoms with Gasteiger partial charge in [0.05, 0.1) is 11.0 Å². The Balaban J connectivity index is 1.17. The number of carbonyl (C=O) groups is 1. The molecule has 7 nitrogen and oxygen atoms in total. The minimum atomic E-state index is 0.147. The van der Waals surface area contributed by atoms with E-state index in [0.29, 0.717) is 17.8 Å². The van der Waals surface area contributed by atoms with Gasteiger partial charge in [0.25, 0.3) is 0 Å². The molecule has 2 N–H and O–H groups in total. The molecule has 5 rings (SSSR count). The van der Waals surface area contributed by atoms with E-state index in [0.717, 1.165) is 69.1 Å². The van der Waals surface area contributed by atoms with Gasteiger partial charge >= 0.3 is 0 Å². The molecule has 2 fully saturated rings. The number of nitrogen functional groups attached to an aromatic ring is 1. The Bertz CT molecular complexity index is 1160. The van der Waals surface area contributed by atoms with E-state index in [1.165, 1.54) is 16.6 Å². The Labute approximate surface area is 205 Å². The minimum Gasteiger partial charge on any atom is -0.384 e. The summed E-state index contributed by atoms with van der Waals surface area (Å²) in [7, 11) is 0. The number of rotatable bonds is 5. The highest BCUT2D eigenvalue weighted by atomic mass is 32.2. The lowest BCUT2D eigenvalue weighted by Crippen LogP contribution is -2.45. The fraction of sp³-hybridized carbons (Fsp3) is 0.500. The first-order chi connectivity index (χ1) is 16.5. The standard InChI is InChI=1S/C26H34N6OS/c1-18-3-4-23-22(15-18)29-26(34-2)32(23)21-8-13-31(14-9-21)25(33)20-6-11-30(12-7-20)17-19-5-10-28-24(27)16-19/h3-5,10,15-16,20-21H,6-9,11-14,17H2,1-2H3,(H2,27,28). The summed E-state index contributed by atoms with van der Waals surface area (Å²) < 4.78 is 2.41. The molecule has 0 bridgehead atoms. The lowest BCUT2D eigenvalue weighted by molar-refractivity contribution is -0.138. The van der Waals surface area contributed by atoms with Crippen LogP contribution in [0.15, 0.2) is 41.7 Å². The molecule has 2 aliphatic rings. The van der Waals surface area contributed by atoms with Crippen LogP contribution in [0.3, 0.4) is 0 Å². The van der Waals surface area contributed by atoms with Gasteiger partial charge < -0.3 is 15.2 Å². The second-order valence-electron chi connectivity index (χ2n) is 9.66. The summed E-state index contributed by atoms with van der Waals surface area (Å²) in [5.41, 5.74) is 10.5. The number of nitrogens with two attached hydrogens (primary N) is 1. The van der Waals surface area contributed by atoms with Gasteiger partial charge in [0.2, 0.25) is 5.91 Å². The molecule has 1 aromatic carbocycles. The molecule has 0 unspecified atom stereocenters. The number of imidazole rings is 1. The van der Waals surface area contributed by atoms with Crippen LogP contribution in [-0.2, 0) is 11.3 Å². The van der Waals surface area contributed by atoms with Crippen molar-refractivity contribution in [1.29, 1.82) is 0 Å². The molecule has 2 aromatic heterocycles. The first-order valence-corrected chi connectivity index (χ1v) is 13.5. The summed E-state index contributed by atoms with van der Waals surface area (Å²) in [5.74, 6) is 1.06. The summed E-state index contributed by atoms with van der Waals surface area (Å²) in [6, 6.07) is 10.9. The smallest absolute Gasteiger partial charge is 0.225 e. The molecule has 0 aliphatic carbocycles. The lowest BCUT2D eigenvalue weighted by atomic mass is 9.93. The number of likely N-dealkylation sites (tertiary alicyclic amines) is 2. The van der Waals surface area contributed by atoms with Crippen molar-refractivity contribution < 1.29 is 4.79 Å². The number of hydrogen-bond acceptors (Lipinski definition) is 6. The van der Waals surface area contributed by atoms with E-state index < -0.39 is 0 Å². The SMILES string of the molecule is CSc1nc2cc(C)ccc2n1C1CCN(C(=O)C2CCN(Cc3ccnc(N)c3)CC2)CC1. The molecular formula is C26H34N6OS.